The van der Waals surface area contributed by atoms with Crippen molar-refractivity contribution in [3.8, 4) is 0 Å². The van der Waals surface area contributed by atoms with Crippen molar-refractivity contribution < 1.29 is 5.11 Å². The Morgan fingerprint density at radius 3 is 2.79 bits per heavy atom. The van der Waals surface area contributed by atoms with Gasteiger partial charge in [-0.2, -0.15) is 0 Å². The van der Waals surface area contributed by atoms with Gasteiger partial charge in [0.2, 0.25) is 0 Å². The second-order valence-electron chi connectivity index (χ2n) is 3.31. The lowest BCUT2D eigenvalue weighted by molar-refractivity contribution is 0.282. The molecule has 14 heavy (non-hydrogen) atoms. The zero-order valence-electron chi connectivity index (χ0n) is 8.75. The van der Waals surface area contributed by atoms with Crippen LogP contribution in [0.2, 0.25) is 0 Å². The van der Waals surface area contributed by atoms with Crippen LogP contribution in [0.3, 0.4) is 0 Å². The molecule has 2 heteroatoms. The Kier molecular flexibility index (Phi) is 4.36. The Morgan fingerprint density at radius 2 is 2.21 bits per heavy atom. The van der Waals surface area contributed by atoms with E-state index in [2.05, 4.69) is 24.4 Å². The fraction of sp³-hybridized carbons (Fsp3) is 0.333. The van der Waals surface area contributed by atoms with E-state index in [1.807, 2.05) is 25.2 Å². The first-order valence-electron chi connectivity index (χ1n) is 4.79. The molecule has 0 heterocycles. The van der Waals surface area contributed by atoms with Gasteiger partial charge < -0.3 is 10.4 Å². The lowest BCUT2D eigenvalue weighted by Crippen LogP contribution is -2.03. The summed E-state index contributed by atoms with van der Waals surface area (Å²) in [6, 6.07) is 6.00. The van der Waals surface area contributed by atoms with Crippen molar-refractivity contribution in [2.45, 2.75) is 13.5 Å². The topological polar surface area (TPSA) is 32.3 Å². The van der Waals surface area contributed by atoms with Crippen LogP contribution in [0.5, 0.6) is 0 Å². The molecule has 0 bridgehead atoms. The Hall–Kier alpha value is -1.12. The number of hydrogen-bond donors (Lipinski definition) is 2. The van der Waals surface area contributed by atoms with Gasteiger partial charge in [0.15, 0.2) is 0 Å². The largest absolute Gasteiger partial charge is 0.392 e. The third-order valence-corrected chi connectivity index (χ3v) is 2.14. The van der Waals surface area contributed by atoms with Gasteiger partial charge in [0.05, 0.1) is 6.61 Å². The fourth-order valence-corrected chi connectivity index (χ4v) is 1.33. The van der Waals surface area contributed by atoms with Gasteiger partial charge in [-0.05, 0) is 30.7 Å². The summed E-state index contributed by atoms with van der Waals surface area (Å²) >= 11 is 0. The summed E-state index contributed by atoms with van der Waals surface area (Å²) in [5.41, 5.74) is 3.37. The van der Waals surface area contributed by atoms with E-state index in [0.717, 1.165) is 12.1 Å². The number of hydrogen-bond acceptors (Lipinski definition) is 2. The summed E-state index contributed by atoms with van der Waals surface area (Å²) in [6.07, 6.45) is 4.17. The molecule has 0 atom stereocenters. The Labute approximate surface area is 85.3 Å². The highest BCUT2D eigenvalue weighted by atomic mass is 16.3. The van der Waals surface area contributed by atoms with Gasteiger partial charge in [-0.25, -0.2) is 0 Å². The number of aliphatic hydroxyl groups excluding tert-OH is 1. The van der Waals surface area contributed by atoms with Gasteiger partial charge in [-0.1, -0.05) is 30.4 Å². The van der Waals surface area contributed by atoms with Gasteiger partial charge in [0.25, 0.3) is 0 Å². The van der Waals surface area contributed by atoms with Crippen LogP contribution >= 0.6 is 0 Å². The first-order valence-corrected chi connectivity index (χ1v) is 4.79. The van der Waals surface area contributed by atoms with Crippen LogP contribution < -0.4 is 5.32 Å². The predicted octanol–water partition coefficient (Wildman–Crippen LogP) is 1.72. The van der Waals surface area contributed by atoms with Gasteiger partial charge in [-0.3, -0.25) is 0 Å². The number of rotatable bonds is 4. The van der Waals surface area contributed by atoms with Crippen LogP contribution in [0.25, 0.3) is 6.08 Å². The van der Waals surface area contributed by atoms with Crippen molar-refractivity contribution in [3.63, 3.8) is 0 Å². The molecular weight excluding hydrogens is 174 g/mol. The Morgan fingerprint density at radius 1 is 1.43 bits per heavy atom. The molecule has 76 valence electrons. The van der Waals surface area contributed by atoms with Crippen LogP contribution in [0.4, 0.5) is 0 Å². The molecule has 0 amide bonds. The summed E-state index contributed by atoms with van der Waals surface area (Å²) < 4.78 is 0. The van der Waals surface area contributed by atoms with E-state index in [4.69, 9.17) is 5.11 Å². The maximum atomic E-state index is 8.94. The molecule has 2 nitrogen and oxygen atoms in total. The van der Waals surface area contributed by atoms with Crippen molar-refractivity contribution in [1.82, 2.24) is 5.32 Å². The van der Waals surface area contributed by atoms with E-state index in [-0.39, 0.29) is 6.61 Å². The van der Waals surface area contributed by atoms with Gasteiger partial charge in [0, 0.05) is 6.54 Å². The minimum atomic E-state index is 0.112. The van der Waals surface area contributed by atoms with Crippen molar-refractivity contribution in [1.29, 1.82) is 0 Å². The number of aliphatic hydroxyl groups is 1. The number of likely N-dealkylation sites (N-methyl/N-ethyl adjacent to an activating group) is 1. The number of benzene rings is 1. The van der Waals surface area contributed by atoms with Gasteiger partial charge in [-0.15, -0.1) is 0 Å². The summed E-state index contributed by atoms with van der Waals surface area (Å²) in [4.78, 5) is 0. The standard InChI is InChI=1S/C12H17NO/c1-10-8-11(9-14)5-6-12(10)4-3-7-13-2/h3-6,8,13-14H,7,9H2,1-2H3. The normalized spacial score (nSPS) is 11.1. The summed E-state index contributed by atoms with van der Waals surface area (Å²) in [6.45, 7) is 3.04. The fourth-order valence-electron chi connectivity index (χ4n) is 1.33. The van der Waals surface area contributed by atoms with Crippen molar-refractivity contribution >= 4 is 6.08 Å². The third-order valence-electron chi connectivity index (χ3n) is 2.14. The second kappa shape index (κ2) is 5.58. The van der Waals surface area contributed by atoms with Crippen molar-refractivity contribution in [2.24, 2.45) is 0 Å². The average Bonchev–Trinajstić information content (AvgIpc) is 2.20. The first kappa shape index (κ1) is 11.0. The molecule has 0 aliphatic carbocycles. The summed E-state index contributed by atoms with van der Waals surface area (Å²) in [5, 5.41) is 12.0. The first-order chi connectivity index (χ1) is 6.77. The van der Waals surface area contributed by atoms with E-state index in [9.17, 15) is 0 Å². The van der Waals surface area contributed by atoms with Crippen molar-refractivity contribution in [2.75, 3.05) is 13.6 Å². The van der Waals surface area contributed by atoms with E-state index >= 15 is 0 Å². The predicted molar refractivity (Wildman–Crippen MR) is 60.1 cm³/mol. The Bertz CT molecular complexity index is 318. The summed E-state index contributed by atoms with van der Waals surface area (Å²) in [5.74, 6) is 0. The molecule has 1 aromatic rings. The average molecular weight is 191 g/mol. The smallest absolute Gasteiger partial charge is 0.0681 e. The summed E-state index contributed by atoms with van der Waals surface area (Å²) in [7, 11) is 1.92. The van der Waals surface area contributed by atoms with E-state index in [1.165, 1.54) is 11.1 Å². The second-order valence-corrected chi connectivity index (χ2v) is 3.31. The van der Waals surface area contributed by atoms with Crippen LogP contribution in [-0.2, 0) is 6.61 Å². The Balaban J connectivity index is 2.78. The maximum absolute atomic E-state index is 8.94. The highest BCUT2D eigenvalue weighted by molar-refractivity contribution is 5.54. The van der Waals surface area contributed by atoms with Crippen LogP contribution in [0.1, 0.15) is 16.7 Å². The zero-order chi connectivity index (χ0) is 10.4. The third kappa shape index (κ3) is 2.98. The molecular formula is C12H17NO. The zero-order valence-corrected chi connectivity index (χ0v) is 8.75. The SMILES string of the molecule is CNCC=Cc1ccc(CO)cc1C. The van der Waals surface area contributed by atoms with E-state index in [0.29, 0.717) is 0 Å². The highest BCUT2D eigenvalue weighted by Crippen LogP contribution is 2.12. The molecule has 0 saturated heterocycles. The molecule has 0 aromatic heterocycles. The minimum Gasteiger partial charge on any atom is -0.392 e. The number of aryl methyl sites for hydroxylation is 1. The van der Waals surface area contributed by atoms with E-state index in [1.54, 1.807) is 0 Å². The van der Waals surface area contributed by atoms with Crippen LogP contribution in [-0.4, -0.2) is 18.7 Å². The molecule has 0 spiro atoms. The molecule has 2 N–H and O–H groups in total. The maximum Gasteiger partial charge on any atom is 0.0681 e. The minimum absolute atomic E-state index is 0.112. The van der Waals surface area contributed by atoms with Gasteiger partial charge >= 0.3 is 0 Å². The van der Waals surface area contributed by atoms with Gasteiger partial charge in [0.1, 0.15) is 0 Å². The molecule has 1 aromatic carbocycles. The molecule has 0 unspecified atom stereocenters. The molecule has 0 aliphatic heterocycles. The number of nitrogens with one attached hydrogen (secondary N) is 1. The lowest BCUT2D eigenvalue weighted by atomic mass is 10.1. The quantitative estimate of drug-likeness (QED) is 0.759. The molecule has 0 aliphatic rings. The lowest BCUT2D eigenvalue weighted by Gasteiger charge is -2.02. The van der Waals surface area contributed by atoms with Crippen LogP contribution in [0, 0.1) is 6.92 Å². The molecule has 0 saturated carbocycles. The van der Waals surface area contributed by atoms with Crippen LogP contribution in [0.15, 0.2) is 24.3 Å². The van der Waals surface area contributed by atoms with E-state index < -0.39 is 0 Å². The van der Waals surface area contributed by atoms with Crippen molar-refractivity contribution in [3.05, 3.63) is 41.0 Å². The monoisotopic (exact) mass is 191 g/mol. The molecule has 0 radical (unpaired) electrons. The molecule has 0 fully saturated rings. The molecule has 1 rings (SSSR count). The highest BCUT2D eigenvalue weighted by Gasteiger charge is 1.95.